The second-order valence-electron chi connectivity index (χ2n) is 5.20. The summed E-state index contributed by atoms with van der Waals surface area (Å²) in [6.07, 6.45) is 0. The van der Waals surface area contributed by atoms with Crippen LogP contribution in [0.15, 0.2) is 46.2 Å². The molecule has 2 aromatic rings. The van der Waals surface area contributed by atoms with E-state index in [2.05, 4.69) is 0 Å². The molecule has 0 bridgehead atoms. The van der Waals surface area contributed by atoms with Gasteiger partial charge in [0.05, 0.1) is 9.79 Å². The molecule has 0 amide bonds. The average molecular weight is 386 g/mol. The molecule has 0 spiro atoms. The van der Waals surface area contributed by atoms with Crippen molar-refractivity contribution in [2.45, 2.75) is 23.6 Å². The fourth-order valence-corrected chi connectivity index (χ4v) is 3.72. The van der Waals surface area contributed by atoms with Crippen molar-refractivity contribution in [1.29, 1.82) is 0 Å². The molecule has 0 atom stereocenters. The molecule has 0 aliphatic heterocycles. The Morgan fingerprint density at radius 3 is 2.00 bits per heavy atom. The normalized spacial score (nSPS) is 12.2. The minimum absolute atomic E-state index is 0.00601. The van der Waals surface area contributed by atoms with E-state index in [0.29, 0.717) is 22.6 Å². The minimum atomic E-state index is -3.76. The summed E-state index contributed by atoms with van der Waals surface area (Å²) in [6, 6.07) is 8.63. The molecule has 0 saturated carbocycles. The molecule has 6 N–H and O–H groups in total. The van der Waals surface area contributed by atoms with Crippen molar-refractivity contribution in [1.82, 2.24) is 9.66 Å². The van der Waals surface area contributed by atoms with Crippen molar-refractivity contribution < 1.29 is 21.6 Å². The smallest absolute Gasteiger partial charge is 0.253 e. The molecular weight excluding hydrogens is 368 g/mol. The van der Waals surface area contributed by atoms with Crippen molar-refractivity contribution in [3.63, 3.8) is 0 Å². The van der Waals surface area contributed by atoms with Crippen LogP contribution in [-0.2, 0) is 20.0 Å². The van der Waals surface area contributed by atoms with Gasteiger partial charge in [0, 0.05) is 0 Å². The molecule has 25 heavy (non-hydrogen) atoms. The van der Waals surface area contributed by atoms with E-state index in [-0.39, 0.29) is 9.79 Å². The highest BCUT2D eigenvalue weighted by molar-refractivity contribution is 7.89. The van der Waals surface area contributed by atoms with Crippen LogP contribution in [0.3, 0.4) is 0 Å². The first-order valence-corrected chi connectivity index (χ1v) is 9.91. The van der Waals surface area contributed by atoms with Gasteiger partial charge >= 0.3 is 0 Å². The number of hydrogen-bond acceptors (Lipinski definition) is 7. The van der Waals surface area contributed by atoms with E-state index in [4.69, 9.17) is 16.4 Å². The number of nitrogens with one attached hydrogen (secondary N) is 2. The van der Waals surface area contributed by atoms with Gasteiger partial charge in [0.2, 0.25) is 0 Å². The first kappa shape index (κ1) is 19.3. The van der Waals surface area contributed by atoms with E-state index in [1.807, 2.05) is 0 Å². The zero-order valence-corrected chi connectivity index (χ0v) is 15.1. The van der Waals surface area contributed by atoms with Crippen LogP contribution in [-0.4, -0.2) is 16.8 Å². The molecular formula is C14H18N4O5S2. The number of sulfonamides is 2. The van der Waals surface area contributed by atoms with Crippen molar-refractivity contribution in [2.24, 2.45) is 11.7 Å². The van der Waals surface area contributed by atoms with Crippen molar-refractivity contribution >= 4 is 20.0 Å². The predicted octanol–water partition coefficient (Wildman–Crippen LogP) is 0.400. The van der Waals surface area contributed by atoms with Crippen molar-refractivity contribution in [2.75, 3.05) is 0 Å². The van der Waals surface area contributed by atoms with E-state index in [1.165, 1.54) is 36.4 Å². The Kier molecular flexibility index (Phi) is 5.46. The van der Waals surface area contributed by atoms with Crippen LogP contribution in [0.5, 0.6) is 11.5 Å². The number of hydrazine groups is 2. The van der Waals surface area contributed by atoms with Gasteiger partial charge < -0.3 is 4.74 Å². The third-order valence-corrected chi connectivity index (χ3v) is 5.96. The zero-order chi connectivity index (χ0) is 18.8. The number of benzene rings is 2. The van der Waals surface area contributed by atoms with Crippen molar-refractivity contribution in [3.8, 4) is 11.5 Å². The molecule has 0 saturated heterocycles. The summed E-state index contributed by atoms with van der Waals surface area (Å²) >= 11 is 0. The predicted molar refractivity (Wildman–Crippen MR) is 91.4 cm³/mol. The van der Waals surface area contributed by atoms with Gasteiger partial charge in [0.15, 0.2) is 0 Å². The van der Waals surface area contributed by atoms with E-state index in [9.17, 15) is 16.8 Å². The van der Waals surface area contributed by atoms with Gasteiger partial charge in [-0.15, -0.1) is 0 Å². The molecule has 2 rings (SSSR count). The molecule has 0 radical (unpaired) electrons. The Labute approximate surface area is 146 Å². The fraction of sp³-hybridized carbons (Fsp3) is 0.143. The lowest BCUT2D eigenvalue weighted by Crippen LogP contribution is -2.30. The Bertz CT molecular complexity index is 1000. The van der Waals surface area contributed by atoms with Crippen LogP contribution in [0.4, 0.5) is 0 Å². The number of ether oxygens (including phenoxy) is 1. The number of aryl methyl sites for hydroxylation is 2. The number of rotatable bonds is 6. The van der Waals surface area contributed by atoms with Crippen LogP contribution in [0, 0.1) is 13.8 Å². The summed E-state index contributed by atoms with van der Waals surface area (Å²) in [5.41, 5.74) is 1.01. The van der Waals surface area contributed by atoms with Crippen LogP contribution < -0.4 is 26.1 Å². The second kappa shape index (κ2) is 7.07. The zero-order valence-electron chi connectivity index (χ0n) is 13.5. The van der Waals surface area contributed by atoms with Crippen LogP contribution in [0.1, 0.15) is 11.1 Å². The molecule has 136 valence electrons. The monoisotopic (exact) mass is 386 g/mol. The third-order valence-electron chi connectivity index (χ3n) is 3.43. The quantitative estimate of drug-likeness (QED) is 0.414. The summed E-state index contributed by atoms with van der Waals surface area (Å²) in [6.45, 7) is 3.28. The second-order valence-corrected chi connectivity index (χ2v) is 8.60. The Hall–Kier alpha value is -2.02. The number of hydrogen-bond donors (Lipinski definition) is 4. The van der Waals surface area contributed by atoms with E-state index in [1.54, 1.807) is 23.5 Å². The summed E-state index contributed by atoms with van der Waals surface area (Å²) in [4.78, 5) is 3.55. The molecule has 9 nitrogen and oxygen atoms in total. The highest BCUT2D eigenvalue weighted by Gasteiger charge is 2.17. The Morgan fingerprint density at radius 2 is 1.48 bits per heavy atom. The molecule has 0 fully saturated rings. The van der Waals surface area contributed by atoms with E-state index < -0.39 is 20.0 Å². The molecule has 2 aromatic carbocycles. The van der Waals surface area contributed by atoms with E-state index >= 15 is 0 Å². The maximum atomic E-state index is 11.8. The van der Waals surface area contributed by atoms with Gasteiger partial charge in [0.1, 0.15) is 11.5 Å². The molecule has 0 heterocycles. The van der Waals surface area contributed by atoms with Crippen LogP contribution in [0.25, 0.3) is 0 Å². The summed E-state index contributed by atoms with van der Waals surface area (Å²) in [5.74, 6) is 10.8. The molecule has 0 unspecified atom stereocenters. The van der Waals surface area contributed by atoms with Gasteiger partial charge in [-0.3, -0.25) is 11.7 Å². The van der Waals surface area contributed by atoms with Crippen LogP contribution >= 0.6 is 0 Å². The first-order valence-electron chi connectivity index (χ1n) is 6.94. The lowest BCUT2D eigenvalue weighted by atomic mass is 10.2. The van der Waals surface area contributed by atoms with Gasteiger partial charge in [-0.1, -0.05) is 0 Å². The largest absolute Gasteiger partial charge is 0.457 e. The maximum Gasteiger partial charge on any atom is 0.253 e. The van der Waals surface area contributed by atoms with Crippen molar-refractivity contribution in [3.05, 3.63) is 47.5 Å². The van der Waals surface area contributed by atoms with Gasteiger partial charge in [0.25, 0.3) is 20.0 Å². The highest BCUT2D eigenvalue weighted by Crippen LogP contribution is 2.29. The first-order chi connectivity index (χ1) is 11.6. The molecule has 0 aliphatic rings. The molecule has 11 heteroatoms. The molecule has 0 aromatic heterocycles. The van der Waals surface area contributed by atoms with E-state index in [0.717, 1.165) is 0 Å². The van der Waals surface area contributed by atoms with Gasteiger partial charge in [-0.2, -0.15) is 9.66 Å². The summed E-state index contributed by atoms with van der Waals surface area (Å²) < 4.78 is 52.6. The SMILES string of the molecule is Cc1cc(S(=O)(=O)NN)ccc1Oc1ccc(S(=O)(=O)NN)c(C)c1. The lowest BCUT2D eigenvalue weighted by Gasteiger charge is -2.12. The van der Waals surface area contributed by atoms with Gasteiger partial charge in [-0.25, -0.2) is 16.8 Å². The summed E-state index contributed by atoms with van der Waals surface area (Å²) in [7, 11) is -7.52. The standard InChI is InChI=1S/C14H18N4O5S2/c1-9-8-12(24(19,20)17-15)4-5-13(9)23-11-3-6-14(10(2)7-11)25(21,22)18-16/h3-8,17-18H,15-16H2,1-2H3. The Balaban J connectivity index is 2.33. The average Bonchev–Trinajstić information content (AvgIpc) is 2.56. The highest BCUT2D eigenvalue weighted by atomic mass is 32.2. The fourth-order valence-electron chi connectivity index (χ4n) is 2.15. The number of nitrogens with two attached hydrogens (primary N) is 2. The minimum Gasteiger partial charge on any atom is -0.457 e. The topological polar surface area (TPSA) is 154 Å². The van der Waals surface area contributed by atoms with Gasteiger partial charge in [-0.05, 0) is 61.4 Å². The lowest BCUT2D eigenvalue weighted by molar-refractivity contribution is 0.477. The maximum absolute atomic E-state index is 11.8. The van der Waals surface area contributed by atoms with Crippen LogP contribution in [0.2, 0.25) is 0 Å². The summed E-state index contributed by atoms with van der Waals surface area (Å²) in [5, 5.41) is 0. The molecule has 0 aliphatic carbocycles. The third kappa shape index (κ3) is 4.15. The Morgan fingerprint density at radius 1 is 0.840 bits per heavy atom.